The van der Waals surface area contributed by atoms with E-state index < -0.39 is 0 Å². The fraction of sp³-hybridized carbons (Fsp3) is 0. The van der Waals surface area contributed by atoms with E-state index in [1.807, 2.05) is 4.40 Å². The molecular formula is C6H6N4. The van der Waals surface area contributed by atoms with E-state index in [0.717, 1.165) is 5.52 Å². The van der Waals surface area contributed by atoms with E-state index in [2.05, 4.69) is 9.97 Å². The van der Waals surface area contributed by atoms with Crippen molar-refractivity contribution < 1.29 is 0 Å². The zero-order chi connectivity index (χ0) is 6.97. The summed E-state index contributed by atoms with van der Waals surface area (Å²) in [5.41, 5.74) is 6.35. The van der Waals surface area contributed by atoms with Gasteiger partial charge in [-0.2, -0.15) is 0 Å². The van der Waals surface area contributed by atoms with Gasteiger partial charge in [0.2, 0.25) is 0 Å². The molecule has 0 saturated heterocycles. The molecule has 2 aromatic heterocycles. The number of aromatic nitrogens is 3. The number of hydrogen-bond acceptors (Lipinski definition) is 3. The Kier molecular flexibility index (Phi) is 0.887. The van der Waals surface area contributed by atoms with Crippen LogP contribution < -0.4 is 5.73 Å². The first-order valence-corrected chi connectivity index (χ1v) is 2.90. The fourth-order valence-electron chi connectivity index (χ4n) is 0.861. The Morgan fingerprint density at radius 3 is 3.20 bits per heavy atom. The Morgan fingerprint density at radius 1 is 1.50 bits per heavy atom. The molecular weight excluding hydrogens is 128 g/mol. The summed E-state index contributed by atoms with van der Waals surface area (Å²) in [6.07, 6.45) is 6.83. The summed E-state index contributed by atoms with van der Waals surface area (Å²) in [6, 6.07) is 0. The van der Waals surface area contributed by atoms with Crippen LogP contribution in [0.2, 0.25) is 0 Å². The number of hydrogen-bond donors (Lipinski definition) is 1. The van der Waals surface area contributed by atoms with E-state index in [9.17, 15) is 0 Å². The van der Waals surface area contributed by atoms with Gasteiger partial charge in [-0.15, -0.1) is 0 Å². The highest BCUT2D eigenvalue weighted by Gasteiger charge is 1.95. The smallest absolute Gasteiger partial charge is 0.151 e. The van der Waals surface area contributed by atoms with Gasteiger partial charge in [0.05, 0.1) is 6.20 Å². The number of nitrogens with two attached hydrogens (primary N) is 1. The summed E-state index contributed by atoms with van der Waals surface area (Å²) in [6.45, 7) is 0. The Labute approximate surface area is 57.3 Å². The van der Waals surface area contributed by atoms with Crippen molar-refractivity contribution in [2.75, 3.05) is 5.73 Å². The van der Waals surface area contributed by atoms with Crippen molar-refractivity contribution in [1.82, 2.24) is 14.4 Å². The van der Waals surface area contributed by atoms with E-state index in [1.165, 1.54) is 0 Å². The monoisotopic (exact) mass is 134 g/mol. The van der Waals surface area contributed by atoms with Crippen LogP contribution in [0.15, 0.2) is 24.9 Å². The molecule has 50 valence electrons. The molecule has 2 aromatic rings. The number of fused-ring (bicyclic) bond motifs is 1. The van der Waals surface area contributed by atoms with Crippen molar-refractivity contribution in [3.8, 4) is 0 Å². The lowest BCUT2D eigenvalue weighted by molar-refractivity contribution is 1.11. The van der Waals surface area contributed by atoms with Crippen LogP contribution in [-0.2, 0) is 0 Å². The minimum atomic E-state index is 0.521. The average molecular weight is 134 g/mol. The lowest BCUT2D eigenvalue weighted by Gasteiger charge is -1.88. The molecule has 0 atom stereocenters. The summed E-state index contributed by atoms with van der Waals surface area (Å²) < 4.78 is 1.82. The summed E-state index contributed by atoms with van der Waals surface area (Å²) in [5.74, 6) is 0.521. The number of rotatable bonds is 0. The zero-order valence-corrected chi connectivity index (χ0v) is 5.23. The van der Waals surface area contributed by atoms with Crippen molar-refractivity contribution >= 4 is 11.3 Å². The Bertz CT molecular complexity index is 351. The summed E-state index contributed by atoms with van der Waals surface area (Å²) >= 11 is 0. The van der Waals surface area contributed by atoms with Crippen molar-refractivity contribution in [3.05, 3.63) is 24.9 Å². The SMILES string of the molecule is Nc1ncn2ccncc12. The summed E-state index contributed by atoms with van der Waals surface area (Å²) in [5, 5.41) is 0. The summed E-state index contributed by atoms with van der Waals surface area (Å²) in [7, 11) is 0. The fourth-order valence-corrected chi connectivity index (χ4v) is 0.861. The Hall–Kier alpha value is -1.58. The number of nitrogens with zero attached hydrogens (tertiary/aromatic N) is 3. The first-order chi connectivity index (χ1) is 4.88. The van der Waals surface area contributed by atoms with Crippen molar-refractivity contribution in [2.45, 2.75) is 0 Å². The molecule has 0 radical (unpaired) electrons. The third-order valence-corrected chi connectivity index (χ3v) is 1.37. The lowest BCUT2D eigenvalue weighted by Crippen LogP contribution is -1.86. The number of nitrogen functional groups attached to an aromatic ring is 1. The molecule has 4 nitrogen and oxygen atoms in total. The molecule has 0 aliphatic rings. The highest BCUT2D eigenvalue weighted by Crippen LogP contribution is 2.07. The van der Waals surface area contributed by atoms with Crippen LogP contribution in [0.5, 0.6) is 0 Å². The van der Waals surface area contributed by atoms with Crippen LogP contribution in [0.25, 0.3) is 5.52 Å². The molecule has 2 N–H and O–H groups in total. The lowest BCUT2D eigenvalue weighted by atomic mass is 10.5. The van der Waals surface area contributed by atoms with Crippen LogP contribution in [0.1, 0.15) is 0 Å². The van der Waals surface area contributed by atoms with Crippen molar-refractivity contribution in [3.63, 3.8) is 0 Å². The van der Waals surface area contributed by atoms with Gasteiger partial charge < -0.3 is 10.1 Å². The van der Waals surface area contributed by atoms with Gasteiger partial charge in [0, 0.05) is 12.4 Å². The van der Waals surface area contributed by atoms with Gasteiger partial charge in [-0.05, 0) is 0 Å². The predicted molar refractivity (Wildman–Crippen MR) is 37.4 cm³/mol. The third kappa shape index (κ3) is 0.556. The molecule has 4 heteroatoms. The minimum Gasteiger partial charge on any atom is -0.382 e. The predicted octanol–water partition coefficient (Wildman–Crippen LogP) is 0.311. The van der Waals surface area contributed by atoms with Gasteiger partial charge in [-0.25, -0.2) is 4.98 Å². The molecule has 0 amide bonds. The maximum Gasteiger partial charge on any atom is 0.151 e. The topological polar surface area (TPSA) is 56.2 Å². The van der Waals surface area contributed by atoms with E-state index in [-0.39, 0.29) is 0 Å². The second-order valence-electron chi connectivity index (χ2n) is 2.00. The quantitative estimate of drug-likeness (QED) is 0.564. The van der Waals surface area contributed by atoms with Crippen molar-refractivity contribution in [2.24, 2.45) is 0 Å². The maximum absolute atomic E-state index is 5.50. The number of imidazole rings is 1. The molecule has 0 aromatic carbocycles. The van der Waals surface area contributed by atoms with E-state index in [4.69, 9.17) is 5.73 Å². The first-order valence-electron chi connectivity index (χ1n) is 2.90. The molecule has 0 bridgehead atoms. The highest BCUT2D eigenvalue weighted by atomic mass is 15.0. The van der Waals surface area contributed by atoms with Gasteiger partial charge in [0.15, 0.2) is 5.82 Å². The number of anilines is 1. The van der Waals surface area contributed by atoms with Gasteiger partial charge in [-0.1, -0.05) is 0 Å². The standard InChI is InChI=1S/C6H6N4/c7-6-5-3-8-1-2-10(5)4-9-6/h1-4H,7H2. The van der Waals surface area contributed by atoms with Crippen LogP contribution in [0, 0.1) is 0 Å². The zero-order valence-electron chi connectivity index (χ0n) is 5.23. The maximum atomic E-state index is 5.50. The molecule has 0 unspecified atom stereocenters. The van der Waals surface area contributed by atoms with Gasteiger partial charge >= 0.3 is 0 Å². The summed E-state index contributed by atoms with van der Waals surface area (Å²) in [4.78, 5) is 7.80. The van der Waals surface area contributed by atoms with Crippen molar-refractivity contribution in [1.29, 1.82) is 0 Å². The molecule has 2 heterocycles. The first kappa shape index (κ1) is 5.22. The van der Waals surface area contributed by atoms with Crippen LogP contribution in [0.3, 0.4) is 0 Å². The normalized spacial score (nSPS) is 10.4. The Balaban J connectivity index is 2.93. The van der Waals surface area contributed by atoms with Gasteiger partial charge in [-0.3, -0.25) is 4.98 Å². The van der Waals surface area contributed by atoms with Gasteiger partial charge in [0.1, 0.15) is 11.8 Å². The van der Waals surface area contributed by atoms with Crippen LogP contribution in [-0.4, -0.2) is 14.4 Å². The second-order valence-corrected chi connectivity index (χ2v) is 2.00. The molecule has 0 aliphatic heterocycles. The highest BCUT2D eigenvalue weighted by molar-refractivity contribution is 5.63. The van der Waals surface area contributed by atoms with E-state index in [1.54, 1.807) is 24.9 Å². The molecule has 0 saturated carbocycles. The molecule has 0 fully saturated rings. The average Bonchev–Trinajstić information content (AvgIpc) is 2.34. The minimum absolute atomic E-state index is 0.521. The van der Waals surface area contributed by atoms with Crippen LogP contribution >= 0.6 is 0 Å². The van der Waals surface area contributed by atoms with E-state index >= 15 is 0 Å². The largest absolute Gasteiger partial charge is 0.382 e. The molecule has 0 aliphatic carbocycles. The van der Waals surface area contributed by atoms with Crippen LogP contribution in [0.4, 0.5) is 5.82 Å². The second kappa shape index (κ2) is 1.70. The Morgan fingerprint density at radius 2 is 2.40 bits per heavy atom. The molecule has 0 spiro atoms. The third-order valence-electron chi connectivity index (χ3n) is 1.37. The molecule has 10 heavy (non-hydrogen) atoms. The van der Waals surface area contributed by atoms with E-state index in [0.29, 0.717) is 5.82 Å². The molecule has 2 rings (SSSR count). The van der Waals surface area contributed by atoms with Gasteiger partial charge in [0.25, 0.3) is 0 Å².